The molecular formula is C20H22N4O3. The van der Waals surface area contributed by atoms with Crippen LogP contribution >= 0.6 is 0 Å². The molecule has 0 aliphatic carbocycles. The van der Waals surface area contributed by atoms with Crippen LogP contribution < -0.4 is 15.4 Å². The first-order valence-corrected chi connectivity index (χ1v) is 8.74. The van der Waals surface area contributed by atoms with Gasteiger partial charge in [0.05, 0.1) is 0 Å². The summed E-state index contributed by atoms with van der Waals surface area (Å²) in [5.74, 6) is 1.60. The zero-order valence-corrected chi connectivity index (χ0v) is 15.5. The number of nitrogens with one attached hydrogen (secondary N) is 2. The lowest BCUT2D eigenvalue weighted by atomic mass is 10.2. The quantitative estimate of drug-likeness (QED) is 0.675. The molecule has 1 aromatic heterocycles. The molecule has 140 valence electrons. The summed E-state index contributed by atoms with van der Waals surface area (Å²) >= 11 is 0. The van der Waals surface area contributed by atoms with Crippen LogP contribution in [0.3, 0.4) is 0 Å². The largest absolute Gasteiger partial charge is 0.481 e. The van der Waals surface area contributed by atoms with Gasteiger partial charge in [0.1, 0.15) is 5.75 Å². The molecule has 0 spiro atoms. The van der Waals surface area contributed by atoms with Crippen molar-refractivity contribution in [1.29, 1.82) is 0 Å². The molecule has 0 radical (unpaired) electrons. The Kier molecular flexibility index (Phi) is 5.71. The highest BCUT2D eigenvalue weighted by atomic mass is 16.5. The second-order valence-corrected chi connectivity index (χ2v) is 6.36. The number of hydrogen-bond donors (Lipinski definition) is 2. The lowest BCUT2D eigenvalue weighted by Gasteiger charge is -2.10. The van der Waals surface area contributed by atoms with E-state index < -0.39 is 0 Å². The number of amides is 2. The van der Waals surface area contributed by atoms with Crippen molar-refractivity contribution in [3.63, 3.8) is 0 Å². The van der Waals surface area contributed by atoms with E-state index in [0.29, 0.717) is 17.4 Å². The van der Waals surface area contributed by atoms with E-state index in [2.05, 4.69) is 20.8 Å². The number of carbonyl (C=O) groups is 1. The number of carbonyl (C=O) groups excluding carboxylic acids is 1. The van der Waals surface area contributed by atoms with Gasteiger partial charge in [0.2, 0.25) is 5.82 Å². The topological polar surface area (TPSA) is 89.3 Å². The van der Waals surface area contributed by atoms with Crippen LogP contribution in [0.25, 0.3) is 11.4 Å². The molecule has 7 heteroatoms. The maximum atomic E-state index is 11.7. The van der Waals surface area contributed by atoms with E-state index >= 15 is 0 Å². The predicted octanol–water partition coefficient (Wildman–Crippen LogP) is 4.41. The summed E-state index contributed by atoms with van der Waals surface area (Å²) in [6, 6.07) is 16.5. The molecule has 2 aromatic carbocycles. The Balaban J connectivity index is 1.64. The highest BCUT2D eigenvalue weighted by molar-refractivity contribution is 5.89. The maximum absolute atomic E-state index is 11.7. The molecule has 2 N–H and O–H groups in total. The number of nitrogens with zero attached hydrogens (tertiary/aromatic N) is 2. The molecule has 1 atom stereocenters. The summed E-state index contributed by atoms with van der Waals surface area (Å²) < 4.78 is 11.1. The molecule has 0 aliphatic heterocycles. The van der Waals surface area contributed by atoms with E-state index in [1.807, 2.05) is 63.2 Å². The van der Waals surface area contributed by atoms with Crippen molar-refractivity contribution in [2.45, 2.75) is 32.9 Å². The number of hydrogen-bond acceptors (Lipinski definition) is 5. The summed E-state index contributed by atoms with van der Waals surface area (Å²) in [4.78, 5) is 16.1. The number of aromatic nitrogens is 2. The van der Waals surface area contributed by atoms with Gasteiger partial charge in [0, 0.05) is 17.3 Å². The predicted molar refractivity (Wildman–Crippen MR) is 103 cm³/mol. The van der Waals surface area contributed by atoms with Crippen LogP contribution in [0.15, 0.2) is 59.1 Å². The zero-order chi connectivity index (χ0) is 19.2. The molecule has 27 heavy (non-hydrogen) atoms. The van der Waals surface area contributed by atoms with Crippen LogP contribution in [0.1, 0.15) is 32.8 Å². The normalized spacial score (nSPS) is 11.9. The Morgan fingerprint density at radius 1 is 1.04 bits per heavy atom. The van der Waals surface area contributed by atoms with E-state index in [9.17, 15) is 4.79 Å². The Morgan fingerprint density at radius 3 is 2.41 bits per heavy atom. The van der Waals surface area contributed by atoms with Gasteiger partial charge in [-0.2, -0.15) is 4.98 Å². The average Bonchev–Trinajstić information content (AvgIpc) is 3.13. The fourth-order valence-corrected chi connectivity index (χ4v) is 2.40. The molecule has 0 bridgehead atoms. The summed E-state index contributed by atoms with van der Waals surface area (Å²) in [7, 11) is 0. The first-order chi connectivity index (χ1) is 13.0. The fraction of sp³-hybridized carbons (Fsp3) is 0.250. The first-order valence-electron chi connectivity index (χ1n) is 8.74. The minimum atomic E-state index is -0.366. The van der Waals surface area contributed by atoms with Gasteiger partial charge >= 0.3 is 6.03 Å². The van der Waals surface area contributed by atoms with Gasteiger partial charge in [0.15, 0.2) is 6.10 Å². The van der Waals surface area contributed by atoms with Crippen molar-refractivity contribution >= 4 is 11.7 Å². The summed E-state index contributed by atoms with van der Waals surface area (Å²) in [6.45, 7) is 5.66. The Hall–Kier alpha value is -3.35. The smallest absolute Gasteiger partial charge is 0.319 e. The van der Waals surface area contributed by atoms with E-state index in [0.717, 1.165) is 11.3 Å². The number of rotatable bonds is 6. The molecular weight excluding hydrogens is 344 g/mol. The van der Waals surface area contributed by atoms with E-state index in [4.69, 9.17) is 9.26 Å². The van der Waals surface area contributed by atoms with Gasteiger partial charge < -0.3 is 19.9 Å². The van der Waals surface area contributed by atoms with Crippen molar-refractivity contribution in [2.24, 2.45) is 0 Å². The summed E-state index contributed by atoms with van der Waals surface area (Å²) in [5.41, 5.74) is 1.47. The van der Waals surface area contributed by atoms with Crippen LogP contribution in [0, 0.1) is 0 Å². The average molecular weight is 366 g/mol. The Morgan fingerprint density at radius 2 is 1.74 bits per heavy atom. The lowest BCUT2D eigenvalue weighted by Crippen LogP contribution is -2.34. The Bertz CT molecular complexity index is 876. The molecule has 3 rings (SSSR count). The second-order valence-electron chi connectivity index (χ2n) is 6.36. The van der Waals surface area contributed by atoms with Gasteiger partial charge in [-0.05, 0) is 57.2 Å². The van der Waals surface area contributed by atoms with Crippen LogP contribution in [-0.4, -0.2) is 22.2 Å². The molecule has 0 saturated heterocycles. The second kappa shape index (κ2) is 8.35. The third kappa shape index (κ3) is 5.07. The van der Waals surface area contributed by atoms with Crippen molar-refractivity contribution < 1.29 is 14.1 Å². The first kappa shape index (κ1) is 18.4. The van der Waals surface area contributed by atoms with Crippen LogP contribution in [0.4, 0.5) is 10.5 Å². The fourth-order valence-electron chi connectivity index (χ4n) is 2.40. The standard InChI is InChI=1S/C20H22N4O3/c1-13(2)21-20(25)22-16-11-9-15(10-12-16)18-23-19(27-24-18)14(3)26-17-7-5-4-6-8-17/h4-14H,1-3H3,(H2,21,22,25)/t14-/m0/s1. The van der Waals surface area contributed by atoms with Gasteiger partial charge in [-0.1, -0.05) is 23.4 Å². The minimum Gasteiger partial charge on any atom is -0.481 e. The lowest BCUT2D eigenvalue weighted by molar-refractivity contribution is 0.176. The van der Waals surface area contributed by atoms with Crippen LogP contribution in [-0.2, 0) is 0 Å². The summed E-state index contributed by atoms with van der Waals surface area (Å²) in [5, 5.41) is 9.55. The minimum absolute atomic E-state index is 0.0714. The SMILES string of the molecule is CC(C)NC(=O)Nc1ccc(-c2noc([C@H](C)Oc3ccccc3)n2)cc1. The van der Waals surface area contributed by atoms with Gasteiger partial charge in [-0.3, -0.25) is 0 Å². The molecule has 0 unspecified atom stereocenters. The third-order valence-electron chi connectivity index (χ3n) is 3.67. The monoisotopic (exact) mass is 366 g/mol. The molecule has 0 saturated carbocycles. The number of urea groups is 1. The number of para-hydroxylation sites is 1. The van der Waals surface area contributed by atoms with Gasteiger partial charge in [-0.25, -0.2) is 4.79 Å². The van der Waals surface area contributed by atoms with Gasteiger partial charge in [0.25, 0.3) is 5.89 Å². The maximum Gasteiger partial charge on any atom is 0.319 e. The van der Waals surface area contributed by atoms with Crippen molar-refractivity contribution in [1.82, 2.24) is 15.5 Å². The number of ether oxygens (including phenoxy) is 1. The van der Waals surface area contributed by atoms with Crippen molar-refractivity contribution in [2.75, 3.05) is 5.32 Å². The Labute approximate surface area is 157 Å². The highest BCUT2D eigenvalue weighted by Crippen LogP contribution is 2.23. The molecule has 0 aliphatic rings. The van der Waals surface area contributed by atoms with Crippen molar-refractivity contribution in [3.05, 3.63) is 60.5 Å². The zero-order valence-electron chi connectivity index (χ0n) is 15.5. The molecule has 7 nitrogen and oxygen atoms in total. The van der Waals surface area contributed by atoms with Crippen LogP contribution in [0.2, 0.25) is 0 Å². The summed E-state index contributed by atoms with van der Waals surface area (Å²) in [6.07, 6.45) is -0.366. The molecule has 1 heterocycles. The number of benzene rings is 2. The van der Waals surface area contributed by atoms with Gasteiger partial charge in [-0.15, -0.1) is 0 Å². The molecule has 0 fully saturated rings. The number of anilines is 1. The van der Waals surface area contributed by atoms with E-state index in [-0.39, 0.29) is 18.2 Å². The van der Waals surface area contributed by atoms with Crippen molar-refractivity contribution in [3.8, 4) is 17.1 Å². The third-order valence-corrected chi connectivity index (χ3v) is 3.67. The highest BCUT2D eigenvalue weighted by Gasteiger charge is 2.17. The molecule has 3 aromatic rings. The van der Waals surface area contributed by atoms with E-state index in [1.165, 1.54) is 0 Å². The van der Waals surface area contributed by atoms with Crippen LogP contribution in [0.5, 0.6) is 5.75 Å². The van der Waals surface area contributed by atoms with E-state index in [1.54, 1.807) is 12.1 Å². The molecule has 2 amide bonds.